The number of likely N-dealkylation sites (N-methyl/N-ethyl adjacent to an activating group) is 1. The zero-order valence-corrected chi connectivity index (χ0v) is 24.5. The second-order valence-corrected chi connectivity index (χ2v) is 12.1. The predicted molar refractivity (Wildman–Crippen MR) is 157 cm³/mol. The number of benzene rings is 2. The van der Waals surface area contributed by atoms with Gasteiger partial charge in [-0.1, -0.05) is 38.3 Å². The summed E-state index contributed by atoms with van der Waals surface area (Å²) >= 11 is 0. The molecule has 43 heavy (non-hydrogen) atoms. The standard InChI is InChI=1S/C32H38FN3O7/c1-4-5-6-7-10-35-14-15-8-9-17-18(11-15)26(37)22-19(24(17)33)12-16-13-20-25(36(2)3)28(39)23(31(34)42)30(41)32(20,43)29(40)21(16)27(22)38/h8-9,11,16,20,25,35,37,39-40,43H,4-7,10,12-14H2,1-3H3,(H2,34,42)/t16-,20-,25-,32-/m0/s1. The number of aliphatic hydroxyl groups excluding tert-OH is 2. The van der Waals surface area contributed by atoms with Crippen LogP contribution in [0.25, 0.3) is 10.8 Å². The largest absolute Gasteiger partial charge is 0.510 e. The number of aromatic hydroxyl groups is 1. The number of phenolic OH excluding ortho intramolecular Hbond substituents is 1. The van der Waals surface area contributed by atoms with Gasteiger partial charge >= 0.3 is 0 Å². The third-order valence-corrected chi connectivity index (χ3v) is 9.23. The van der Waals surface area contributed by atoms with Crippen molar-refractivity contribution >= 4 is 28.2 Å². The van der Waals surface area contributed by atoms with Gasteiger partial charge in [0.15, 0.2) is 11.4 Å². The number of hydrogen-bond donors (Lipinski definition) is 6. The zero-order valence-electron chi connectivity index (χ0n) is 24.5. The van der Waals surface area contributed by atoms with Crippen molar-refractivity contribution in [1.82, 2.24) is 10.2 Å². The van der Waals surface area contributed by atoms with Gasteiger partial charge in [-0.2, -0.15) is 0 Å². The molecule has 7 N–H and O–H groups in total. The number of unbranched alkanes of at least 4 members (excludes halogenated alkanes) is 3. The summed E-state index contributed by atoms with van der Waals surface area (Å²) in [7, 11) is 3.10. The summed E-state index contributed by atoms with van der Waals surface area (Å²) in [5.41, 5.74) is 1.85. The molecule has 2 aromatic carbocycles. The molecule has 0 bridgehead atoms. The lowest BCUT2D eigenvalue weighted by atomic mass is 9.58. The summed E-state index contributed by atoms with van der Waals surface area (Å²) in [5.74, 6) is -8.29. The molecular weight excluding hydrogens is 557 g/mol. The maximum Gasteiger partial charge on any atom is 0.255 e. The highest BCUT2D eigenvalue weighted by molar-refractivity contribution is 6.25. The Balaban J connectivity index is 1.58. The Bertz CT molecular complexity index is 1600. The number of carbonyl (C=O) groups excluding carboxylic acids is 3. The van der Waals surface area contributed by atoms with Crippen LogP contribution in [0.15, 0.2) is 40.9 Å². The Hall–Kier alpha value is -3.80. The van der Waals surface area contributed by atoms with Crippen molar-refractivity contribution in [3.8, 4) is 5.75 Å². The fourth-order valence-electron chi connectivity index (χ4n) is 7.13. The quantitative estimate of drug-likeness (QED) is 0.188. The molecule has 4 atom stereocenters. The minimum absolute atomic E-state index is 0.0232. The molecule has 11 heteroatoms. The van der Waals surface area contributed by atoms with Crippen molar-refractivity contribution in [3.05, 3.63) is 63.4 Å². The predicted octanol–water partition coefficient (Wildman–Crippen LogP) is 3.08. The Kier molecular flexibility index (Phi) is 8.10. The van der Waals surface area contributed by atoms with Crippen LogP contribution in [0.5, 0.6) is 5.75 Å². The molecule has 2 aromatic rings. The van der Waals surface area contributed by atoms with E-state index < -0.39 is 69.6 Å². The number of nitrogens with zero attached hydrogens (tertiary/aromatic N) is 1. The first kappa shape index (κ1) is 30.7. The monoisotopic (exact) mass is 595 g/mol. The number of nitrogens with two attached hydrogens (primary N) is 1. The summed E-state index contributed by atoms with van der Waals surface area (Å²) in [6.45, 7) is 3.42. The van der Waals surface area contributed by atoms with Gasteiger partial charge in [0, 0.05) is 34.4 Å². The number of fused-ring (bicyclic) bond motifs is 4. The molecule has 0 heterocycles. The topological polar surface area (TPSA) is 173 Å². The van der Waals surface area contributed by atoms with E-state index in [-0.39, 0.29) is 40.3 Å². The van der Waals surface area contributed by atoms with Gasteiger partial charge in [-0.15, -0.1) is 0 Å². The van der Waals surface area contributed by atoms with Gasteiger partial charge < -0.3 is 31.5 Å². The molecule has 3 aliphatic carbocycles. The van der Waals surface area contributed by atoms with Crippen molar-refractivity contribution in [2.75, 3.05) is 20.6 Å². The lowest BCUT2D eigenvalue weighted by molar-refractivity contribution is -0.148. The van der Waals surface area contributed by atoms with Gasteiger partial charge in [-0.3, -0.25) is 19.3 Å². The van der Waals surface area contributed by atoms with E-state index in [4.69, 9.17) is 5.73 Å². The van der Waals surface area contributed by atoms with Crippen LogP contribution in [0.2, 0.25) is 0 Å². The third kappa shape index (κ3) is 4.70. The molecule has 0 aliphatic heterocycles. The van der Waals surface area contributed by atoms with Crippen LogP contribution in [-0.4, -0.2) is 75.1 Å². The number of hydrogen-bond acceptors (Lipinski definition) is 9. The molecule has 5 rings (SSSR count). The first-order valence-corrected chi connectivity index (χ1v) is 14.7. The molecule has 10 nitrogen and oxygen atoms in total. The molecule has 0 aromatic heterocycles. The van der Waals surface area contributed by atoms with E-state index in [1.54, 1.807) is 32.3 Å². The van der Waals surface area contributed by atoms with E-state index in [0.29, 0.717) is 6.54 Å². The summed E-state index contributed by atoms with van der Waals surface area (Å²) in [4.78, 5) is 41.0. The SMILES string of the molecule is CCCCCCNCc1ccc2c(F)c3c(c(O)c2c1)C(=O)C1=C(O)[C@]2(O)C(=O)C(C(N)=O)=C(O)[C@@H](N(C)C)[C@@H]2C[C@@H]1C3. The van der Waals surface area contributed by atoms with Crippen LogP contribution in [0.3, 0.4) is 0 Å². The number of allylic oxidation sites excluding steroid dienone is 1. The number of ketones is 2. The molecule has 0 unspecified atom stereocenters. The fraction of sp³-hybridized carbons (Fsp3) is 0.469. The molecular formula is C32H38FN3O7. The van der Waals surface area contributed by atoms with E-state index in [1.165, 1.54) is 4.90 Å². The van der Waals surface area contributed by atoms with Crippen molar-refractivity contribution in [2.24, 2.45) is 17.6 Å². The van der Waals surface area contributed by atoms with Crippen LogP contribution < -0.4 is 11.1 Å². The molecule has 0 radical (unpaired) electrons. The lowest BCUT2D eigenvalue weighted by Crippen LogP contribution is -2.63. The van der Waals surface area contributed by atoms with Gasteiger partial charge in [0.25, 0.3) is 5.91 Å². The van der Waals surface area contributed by atoms with Gasteiger partial charge in [0.1, 0.15) is 28.7 Å². The Morgan fingerprint density at radius 3 is 2.51 bits per heavy atom. The van der Waals surface area contributed by atoms with E-state index >= 15 is 4.39 Å². The van der Waals surface area contributed by atoms with E-state index in [1.807, 2.05) is 0 Å². The van der Waals surface area contributed by atoms with Crippen molar-refractivity contribution in [1.29, 1.82) is 0 Å². The molecule has 0 spiro atoms. The first-order valence-electron chi connectivity index (χ1n) is 14.7. The number of halogens is 1. The Morgan fingerprint density at radius 2 is 1.86 bits per heavy atom. The minimum Gasteiger partial charge on any atom is -0.510 e. The average Bonchev–Trinajstić information content (AvgIpc) is 2.95. The number of phenols is 1. The van der Waals surface area contributed by atoms with Crippen molar-refractivity contribution in [2.45, 2.75) is 63.6 Å². The maximum absolute atomic E-state index is 16.0. The number of carbonyl (C=O) groups is 3. The van der Waals surface area contributed by atoms with E-state index in [2.05, 4.69) is 12.2 Å². The first-order chi connectivity index (χ1) is 20.4. The van der Waals surface area contributed by atoms with Gasteiger partial charge in [-0.25, -0.2) is 4.39 Å². The molecule has 3 aliphatic rings. The minimum atomic E-state index is -2.74. The smallest absolute Gasteiger partial charge is 0.255 e. The summed E-state index contributed by atoms with van der Waals surface area (Å²) < 4.78 is 16.0. The molecule has 1 amide bonds. The third-order valence-electron chi connectivity index (χ3n) is 9.23. The number of nitrogens with one attached hydrogen (secondary N) is 1. The zero-order chi connectivity index (χ0) is 31.4. The number of rotatable bonds is 9. The summed E-state index contributed by atoms with van der Waals surface area (Å²) in [6.07, 6.45) is 4.21. The second kappa shape index (κ2) is 11.4. The number of aliphatic hydroxyl groups is 3. The summed E-state index contributed by atoms with van der Waals surface area (Å²) in [5, 5.41) is 49.0. The van der Waals surface area contributed by atoms with Crippen LogP contribution in [0.4, 0.5) is 4.39 Å². The van der Waals surface area contributed by atoms with Gasteiger partial charge in [0.05, 0.1) is 11.6 Å². The normalized spacial score (nSPS) is 25.3. The van der Waals surface area contributed by atoms with Gasteiger partial charge in [0.2, 0.25) is 5.78 Å². The Morgan fingerprint density at radius 1 is 1.14 bits per heavy atom. The fourth-order valence-corrected chi connectivity index (χ4v) is 7.13. The number of primary amides is 1. The van der Waals surface area contributed by atoms with Crippen molar-refractivity contribution in [3.63, 3.8) is 0 Å². The highest BCUT2D eigenvalue weighted by atomic mass is 19.1. The van der Waals surface area contributed by atoms with Gasteiger partial charge in [-0.05, 0) is 57.5 Å². The highest BCUT2D eigenvalue weighted by Crippen LogP contribution is 2.53. The van der Waals surface area contributed by atoms with E-state index in [0.717, 1.165) is 37.8 Å². The molecule has 230 valence electrons. The molecule has 0 saturated carbocycles. The maximum atomic E-state index is 16.0. The molecule has 0 fully saturated rings. The highest BCUT2D eigenvalue weighted by Gasteiger charge is 2.63. The van der Waals surface area contributed by atoms with Crippen LogP contribution in [0.1, 0.15) is 60.5 Å². The van der Waals surface area contributed by atoms with Crippen molar-refractivity contribution < 1.29 is 39.2 Å². The Labute approximate surface area is 248 Å². The average molecular weight is 596 g/mol. The number of amides is 1. The molecule has 0 saturated heterocycles. The second-order valence-electron chi connectivity index (χ2n) is 12.1. The lowest BCUT2D eigenvalue weighted by Gasteiger charge is -2.50. The van der Waals surface area contributed by atoms with Crippen LogP contribution >= 0.6 is 0 Å². The number of Topliss-reactive ketones (excluding diaryl/α,β-unsaturated/α-hetero) is 2. The summed E-state index contributed by atoms with van der Waals surface area (Å²) in [6, 6.07) is 3.84. The van der Waals surface area contributed by atoms with Crippen LogP contribution in [0, 0.1) is 17.7 Å². The van der Waals surface area contributed by atoms with E-state index in [9.17, 15) is 34.8 Å². The van der Waals surface area contributed by atoms with Crippen LogP contribution in [-0.2, 0) is 22.6 Å².